The smallest absolute Gasteiger partial charge is 0.278 e. The van der Waals surface area contributed by atoms with Gasteiger partial charge >= 0.3 is 0 Å². The summed E-state index contributed by atoms with van der Waals surface area (Å²) in [5, 5.41) is 0. The average molecular weight is 215 g/mol. The predicted molar refractivity (Wildman–Crippen MR) is 54.4 cm³/mol. The minimum absolute atomic E-state index is 0.326. The highest BCUT2D eigenvalue weighted by molar-refractivity contribution is 5.21. The van der Waals surface area contributed by atoms with E-state index in [1.807, 2.05) is 13.8 Å². The molecule has 2 nitrogen and oxygen atoms in total. The molecule has 0 unspecified atom stereocenters. The van der Waals surface area contributed by atoms with Crippen LogP contribution in [0.2, 0.25) is 0 Å². The largest absolute Gasteiger partial charge is 0.486 e. The van der Waals surface area contributed by atoms with Crippen LogP contribution in [0.1, 0.15) is 32.4 Å². The fourth-order valence-corrected chi connectivity index (χ4v) is 1.03. The number of alkyl halides is 2. The van der Waals surface area contributed by atoms with Crippen molar-refractivity contribution in [1.82, 2.24) is 4.98 Å². The lowest BCUT2D eigenvalue weighted by Crippen LogP contribution is -2.20. The molecule has 84 valence electrons. The first-order valence-electron chi connectivity index (χ1n) is 4.85. The first-order valence-corrected chi connectivity index (χ1v) is 4.85. The second-order valence-electron chi connectivity index (χ2n) is 3.93. The van der Waals surface area contributed by atoms with Gasteiger partial charge in [0.2, 0.25) is 0 Å². The molecule has 0 radical (unpaired) electrons. The number of ether oxygens (including phenoxy) is 1. The molecule has 0 saturated heterocycles. The molecule has 0 aromatic carbocycles. The van der Waals surface area contributed by atoms with Crippen LogP contribution >= 0.6 is 0 Å². The summed E-state index contributed by atoms with van der Waals surface area (Å²) < 4.78 is 29.8. The lowest BCUT2D eigenvalue weighted by molar-refractivity contribution is -0.0230. The van der Waals surface area contributed by atoms with Crippen LogP contribution in [0.25, 0.3) is 0 Å². The van der Waals surface area contributed by atoms with Crippen LogP contribution in [0.15, 0.2) is 18.3 Å². The molecular weight excluding hydrogens is 200 g/mol. The van der Waals surface area contributed by atoms with Crippen LogP contribution in [0.5, 0.6) is 5.75 Å². The minimum Gasteiger partial charge on any atom is -0.486 e. The number of hydrogen-bond acceptors (Lipinski definition) is 2. The van der Waals surface area contributed by atoms with Gasteiger partial charge in [0.1, 0.15) is 5.75 Å². The molecule has 0 spiro atoms. The van der Waals surface area contributed by atoms with E-state index in [0.717, 1.165) is 12.6 Å². The number of halogens is 2. The molecule has 0 fully saturated rings. The molecule has 0 aliphatic rings. The van der Waals surface area contributed by atoms with Crippen molar-refractivity contribution >= 4 is 0 Å². The highest BCUT2D eigenvalue weighted by atomic mass is 19.3. The number of pyridine rings is 1. The van der Waals surface area contributed by atoms with E-state index in [0.29, 0.717) is 11.7 Å². The quantitative estimate of drug-likeness (QED) is 0.769. The summed E-state index contributed by atoms with van der Waals surface area (Å²) in [6.45, 7) is 4.24. The van der Waals surface area contributed by atoms with Gasteiger partial charge < -0.3 is 4.74 Å². The van der Waals surface area contributed by atoms with Crippen molar-refractivity contribution in [3.63, 3.8) is 0 Å². The molecule has 1 aromatic heterocycles. The molecule has 15 heavy (non-hydrogen) atoms. The van der Waals surface area contributed by atoms with Crippen LogP contribution < -0.4 is 4.74 Å². The molecule has 0 amide bonds. The van der Waals surface area contributed by atoms with Crippen molar-refractivity contribution in [3.8, 4) is 5.75 Å². The van der Waals surface area contributed by atoms with Crippen LogP contribution in [0.4, 0.5) is 8.78 Å². The lowest BCUT2D eigenvalue weighted by atomic mass is 10.1. The molecule has 1 aromatic rings. The van der Waals surface area contributed by atoms with E-state index in [4.69, 9.17) is 4.74 Å². The van der Waals surface area contributed by atoms with Crippen LogP contribution in [-0.2, 0) is 0 Å². The summed E-state index contributed by atoms with van der Waals surface area (Å²) in [6.07, 6.45) is 1.47. The second-order valence-corrected chi connectivity index (χ2v) is 3.93. The molecular formula is C11H15F2NO. The van der Waals surface area contributed by atoms with Gasteiger partial charge in [-0.25, -0.2) is 8.78 Å². The SMILES string of the molecule is CC(C)c1ccc(OCC(C)(F)F)cn1. The van der Waals surface area contributed by atoms with Gasteiger partial charge in [-0.05, 0) is 18.1 Å². The molecule has 0 N–H and O–H groups in total. The number of aromatic nitrogens is 1. The summed E-state index contributed by atoms with van der Waals surface area (Å²) >= 11 is 0. The second kappa shape index (κ2) is 4.55. The Morgan fingerprint density at radius 3 is 2.47 bits per heavy atom. The Morgan fingerprint density at radius 1 is 1.40 bits per heavy atom. The molecule has 1 rings (SSSR count). The summed E-state index contributed by atoms with van der Waals surface area (Å²) in [5.74, 6) is -2.11. The van der Waals surface area contributed by atoms with Gasteiger partial charge in [0.05, 0.1) is 6.20 Å². The van der Waals surface area contributed by atoms with Gasteiger partial charge in [-0.15, -0.1) is 0 Å². The monoisotopic (exact) mass is 215 g/mol. The zero-order chi connectivity index (χ0) is 11.5. The Labute approximate surface area is 88.3 Å². The summed E-state index contributed by atoms with van der Waals surface area (Å²) in [4.78, 5) is 4.11. The Morgan fingerprint density at radius 2 is 2.07 bits per heavy atom. The van der Waals surface area contributed by atoms with Crippen LogP contribution in [0, 0.1) is 0 Å². The van der Waals surface area contributed by atoms with Gasteiger partial charge in [0.25, 0.3) is 5.92 Å². The maximum Gasteiger partial charge on any atom is 0.278 e. The van der Waals surface area contributed by atoms with Crippen molar-refractivity contribution < 1.29 is 13.5 Å². The van der Waals surface area contributed by atoms with Gasteiger partial charge in [-0.3, -0.25) is 4.98 Å². The number of hydrogen-bond donors (Lipinski definition) is 0. The standard InChI is InChI=1S/C11H15F2NO/c1-8(2)10-5-4-9(6-14-10)15-7-11(3,12)13/h4-6,8H,7H2,1-3H3. The number of rotatable bonds is 4. The minimum atomic E-state index is -2.81. The molecule has 4 heteroatoms. The first-order chi connectivity index (χ1) is 6.88. The topological polar surface area (TPSA) is 22.1 Å². The van der Waals surface area contributed by atoms with E-state index < -0.39 is 12.5 Å². The maximum absolute atomic E-state index is 12.5. The molecule has 0 bridgehead atoms. The fourth-order valence-electron chi connectivity index (χ4n) is 1.03. The Balaban J connectivity index is 2.57. The third-order valence-electron chi connectivity index (χ3n) is 1.84. The first kappa shape index (κ1) is 11.9. The highest BCUT2D eigenvalue weighted by Gasteiger charge is 2.21. The summed E-state index contributed by atoms with van der Waals surface area (Å²) in [7, 11) is 0. The van der Waals surface area contributed by atoms with Crippen molar-refractivity contribution in [2.45, 2.75) is 32.6 Å². The summed E-state index contributed by atoms with van der Waals surface area (Å²) in [6, 6.07) is 3.45. The van der Waals surface area contributed by atoms with E-state index >= 15 is 0 Å². The maximum atomic E-state index is 12.5. The predicted octanol–water partition coefficient (Wildman–Crippen LogP) is 3.24. The van der Waals surface area contributed by atoms with Gasteiger partial charge in [0.15, 0.2) is 6.61 Å². The number of nitrogens with zero attached hydrogens (tertiary/aromatic N) is 1. The third-order valence-corrected chi connectivity index (χ3v) is 1.84. The van der Waals surface area contributed by atoms with Crippen molar-refractivity contribution in [3.05, 3.63) is 24.0 Å². The van der Waals surface area contributed by atoms with Gasteiger partial charge in [0, 0.05) is 12.6 Å². The van der Waals surface area contributed by atoms with Gasteiger partial charge in [-0.1, -0.05) is 13.8 Å². The Hall–Kier alpha value is -1.19. The highest BCUT2D eigenvalue weighted by Crippen LogP contribution is 2.18. The van der Waals surface area contributed by atoms with Crippen LogP contribution in [0.3, 0.4) is 0 Å². The van der Waals surface area contributed by atoms with E-state index in [1.54, 1.807) is 12.1 Å². The van der Waals surface area contributed by atoms with Gasteiger partial charge in [-0.2, -0.15) is 0 Å². The summed E-state index contributed by atoms with van der Waals surface area (Å²) in [5.41, 5.74) is 0.922. The van der Waals surface area contributed by atoms with Crippen molar-refractivity contribution in [1.29, 1.82) is 0 Å². The molecule has 1 heterocycles. The van der Waals surface area contributed by atoms with Crippen LogP contribution in [-0.4, -0.2) is 17.5 Å². The van der Waals surface area contributed by atoms with E-state index in [-0.39, 0.29) is 0 Å². The van der Waals surface area contributed by atoms with E-state index in [1.165, 1.54) is 6.20 Å². The Bertz CT molecular complexity index is 303. The van der Waals surface area contributed by atoms with Crippen molar-refractivity contribution in [2.75, 3.05) is 6.61 Å². The molecule has 0 aliphatic carbocycles. The molecule has 0 atom stereocenters. The van der Waals surface area contributed by atoms with Crippen molar-refractivity contribution in [2.24, 2.45) is 0 Å². The third kappa shape index (κ3) is 4.23. The fraction of sp³-hybridized carbons (Fsp3) is 0.545. The lowest BCUT2D eigenvalue weighted by Gasteiger charge is -2.12. The average Bonchev–Trinajstić information content (AvgIpc) is 2.14. The zero-order valence-corrected chi connectivity index (χ0v) is 9.13. The van der Waals surface area contributed by atoms with E-state index in [9.17, 15) is 8.78 Å². The zero-order valence-electron chi connectivity index (χ0n) is 9.13. The molecule has 0 saturated carbocycles. The Kier molecular flexibility index (Phi) is 3.61. The normalized spacial score (nSPS) is 11.9. The molecule has 0 aliphatic heterocycles. The van der Waals surface area contributed by atoms with E-state index in [2.05, 4.69) is 4.98 Å².